The fraction of sp³-hybridized carbons (Fsp3) is 0.125. The van der Waals surface area contributed by atoms with E-state index in [1.54, 1.807) is 6.07 Å². The Bertz CT molecular complexity index is 839. The highest BCUT2D eigenvalue weighted by Gasteiger charge is 2.33. The third-order valence-electron chi connectivity index (χ3n) is 3.37. The lowest BCUT2D eigenvalue weighted by atomic mass is 10.1. The van der Waals surface area contributed by atoms with E-state index in [0.29, 0.717) is 12.1 Å². The van der Waals surface area contributed by atoms with E-state index in [1.807, 2.05) is 24.3 Å². The summed E-state index contributed by atoms with van der Waals surface area (Å²) in [5.41, 5.74) is 6.29. The van der Waals surface area contributed by atoms with Gasteiger partial charge in [-0.25, -0.2) is 0 Å². The first kappa shape index (κ1) is 15.3. The normalized spacial score (nSPS) is 12.0. The van der Waals surface area contributed by atoms with Crippen LogP contribution in [0.4, 0.5) is 13.2 Å². The van der Waals surface area contributed by atoms with E-state index in [4.69, 9.17) is 17.3 Å². The minimum Gasteiger partial charge on any atom is -0.326 e. The predicted molar refractivity (Wildman–Crippen MR) is 85.2 cm³/mol. The van der Waals surface area contributed by atoms with Crippen LogP contribution in [0.3, 0.4) is 0 Å². The number of hydrogen-bond donors (Lipinski definition) is 1. The second-order valence-electron chi connectivity index (χ2n) is 4.88. The number of thiophene rings is 1. The van der Waals surface area contributed by atoms with Crippen molar-refractivity contribution in [3.05, 3.63) is 58.6 Å². The van der Waals surface area contributed by atoms with Gasteiger partial charge in [0.1, 0.15) is 0 Å². The molecule has 0 fully saturated rings. The number of benzene rings is 2. The Morgan fingerprint density at radius 3 is 2.50 bits per heavy atom. The van der Waals surface area contributed by atoms with Gasteiger partial charge < -0.3 is 5.73 Å². The summed E-state index contributed by atoms with van der Waals surface area (Å²) >= 11 is 7.10. The lowest BCUT2D eigenvalue weighted by Gasteiger charge is -2.10. The van der Waals surface area contributed by atoms with Gasteiger partial charge >= 0.3 is 6.18 Å². The van der Waals surface area contributed by atoms with E-state index in [9.17, 15) is 13.2 Å². The van der Waals surface area contributed by atoms with Gasteiger partial charge in [-0.2, -0.15) is 13.2 Å². The highest BCUT2D eigenvalue weighted by Crippen LogP contribution is 2.40. The molecule has 114 valence electrons. The zero-order valence-electron chi connectivity index (χ0n) is 11.2. The molecule has 0 bridgehead atoms. The minimum atomic E-state index is -4.46. The molecule has 2 N–H and O–H groups in total. The van der Waals surface area contributed by atoms with Gasteiger partial charge in [0.05, 0.1) is 10.6 Å². The quantitative estimate of drug-likeness (QED) is 0.635. The first-order valence-electron chi connectivity index (χ1n) is 6.48. The summed E-state index contributed by atoms with van der Waals surface area (Å²) < 4.78 is 39.9. The van der Waals surface area contributed by atoms with Gasteiger partial charge in [0.15, 0.2) is 0 Å². The molecule has 0 unspecified atom stereocenters. The maximum absolute atomic E-state index is 13.0. The van der Waals surface area contributed by atoms with Gasteiger partial charge in [-0.3, -0.25) is 0 Å². The van der Waals surface area contributed by atoms with Gasteiger partial charge in [0.25, 0.3) is 0 Å². The summed E-state index contributed by atoms with van der Waals surface area (Å²) in [4.78, 5) is 0.770. The molecule has 6 heteroatoms. The Kier molecular flexibility index (Phi) is 3.89. The summed E-state index contributed by atoms with van der Waals surface area (Å²) in [7, 11) is 0. The van der Waals surface area contributed by atoms with Crippen LogP contribution in [-0.4, -0.2) is 0 Å². The van der Waals surface area contributed by atoms with Crippen LogP contribution in [0, 0.1) is 0 Å². The highest BCUT2D eigenvalue weighted by molar-refractivity contribution is 7.22. The average Bonchev–Trinajstić information content (AvgIpc) is 2.89. The van der Waals surface area contributed by atoms with Gasteiger partial charge in [-0.15, -0.1) is 11.3 Å². The fourth-order valence-electron chi connectivity index (χ4n) is 2.26. The molecule has 0 saturated heterocycles. The molecule has 0 spiro atoms. The molecule has 0 amide bonds. The Morgan fingerprint density at radius 2 is 1.82 bits per heavy atom. The van der Waals surface area contributed by atoms with Crippen LogP contribution in [0.2, 0.25) is 5.02 Å². The van der Waals surface area contributed by atoms with E-state index in [0.717, 1.165) is 26.6 Å². The van der Waals surface area contributed by atoms with Crippen LogP contribution < -0.4 is 5.73 Å². The monoisotopic (exact) mass is 341 g/mol. The van der Waals surface area contributed by atoms with Crippen molar-refractivity contribution in [2.24, 2.45) is 5.73 Å². The Hall–Kier alpha value is -1.56. The molecular weight excluding hydrogens is 331 g/mol. The van der Waals surface area contributed by atoms with Crippen LogP contribution in [0.1, 0.15) is 11.1 Å². The highest BCUT2D eigenvalue weighted by atomic mass is 35.5. The minimum absolute atomic E-state index is 0.289. The first-order chi connectivity index (χ1) is 10.4. The van der Waals surface area contributed by atoms with Gasteiger partial charge in [0.2, 0.25) is 0 Å². The Morgan fingerprint density at radius 1 is 1.05 bits per heavy atom. The second-order valence-corrected chi connectivity index (χ2v) is 6.37. The molecule has 0 aliphatic rings. The third kappa shape index (κ3) is 2.84. The first-order valence-corrected chi connectivity index (χ1v) is 7.67. The lowest BCUT2D eigenvalue weighted by Crippen LogP contribution is -2.05. The van der Waals surface area contributed by atoms with Crippen molar-refractivity contribution in [3.63, 3.8) is 0 Å². The number of alkyl halides is 3. The summed E-state index contributed by atoms with van der Waals surface area (Å²) in [6.07, 6.45) is -4.46. The molecule has 1 nitrogen and oxygen atoms in total. The molecule has 3 rings (SSSR count). The van der Waals surface area contributed by atoms with Crippen LogP contribution >= 0.6 is 22.9 Å². The maximum atomic E-state index is 13.0. The van der Waals surface area contributed by atoms with Crippen molar-refractivity contribution in [2.75, 3.05) is 0 Å². The molecule has 0 aliphatic heterocycles. The van der Waals surface area contributed by atoms with E-state index in [1.165, 1.54) is 17.4 Å². The summed E-state index contributed by atoms with van der Waals surface area (Å²) in [6.45, 7) is 0.431. The van der Waals surface area contributed by atoms with Crippen molar-refractivity contribution in [3.8, 4) is 10.4 Å². The van der Waals surface area contributed by atoms with Crippen LogP contribution in [0.5, 0.6) is 0 Å². The van der Waals surface area contributed by atoms with Crippen molar-refractivity contribution in [2.45, 2.75) is 12.7 Å². The van der Waals surface area contributed by atoms with E-state index >= 15 is 0 Å². The average molecular weight is 342 g/mol. The van der Waals surface area contributed by atoms with Crippen molar-refractivity contribution >= 4 is 33.0 Å². The largest absolute Gasteiger partial charge is 0.417 e. The van der Waals surface area contributed by atoms with Gasteiger partial charge in [-0.1, -0.05) is 23.7 Å². The number of hydrogen-bond acceptors (Lipinski definition) is 2. The van der Waals surface area contributed by atoms with Crippen molar-refractivity contribution in [1.29, 1.82) is 0 Å². The molecule has 1 heterocycles. The second kappa shape index (κ2) is 5.57. The summed E-state index contributed by atoms with van der Waals surface area (Å²) in [5.74, 6) is 0. The van der Waals surface area contributed by atoms with Crippen LogP contribution in [-0.2, 0) is 12.7 Å². The smallest absolute Gasteiger partial charge is 0.326 e. The molecule has 2 aromatic carbocycles. The number of halogens is 4. The standard InChI is InChI=1S/C16H11ClF3NS/c17-13-3-2-10(6-12(13)16(18,19)20)15-7-11-5-9(8-21)1-4-14(11)22-15/h1-7H,8,21H2. The molecular formula is C16H11ClF3NS. The zero-order chi connectivity index (χ0) is 15.9. The van der Waals surface area contributed by atoms with Gasteiger partial charge in [-0.05, 0) is 46.8 Å². The SMILES string of the molecule is NCc1ccc2sc(-c3ccc(Cl)c(C(F)(F)F)c3)cc2c1. The zero-order valence-corrected chi connectivity index (χ0v) is 12.8. The van der Waals surface area contributed by atoms with E-state index in [2.05, 4.69) is 0 Å². The predicted octanol–water partition coefficient (Wildman–Crippen LogP) is 5.70. The van der Waals surface area contributed by atoms with Gasteiger partial charge in [0, 0.05) is 16.1 Å². The Balaban J connectivity index is 2.11. The molecule has 1 aromatic heterocycles. The van der Waals surface area contributed by atoms with Crippen molar-refractivity contribution < 1.29 is 13.2 Å². The molecule has 0 saturated carbocycles. The molecule has 0 radical (unpaired) electrons. The van der Waals surface area contributed by atoms with Crippen LogP contribution in [0.25, 0.3) is 20.5 Å². The fourth-order valence-corrected chi connectivity index (χ4v) is 3.52. The van der Waals surface area contributed by atoms with Crippen molar-refractivity contribution in [1.82, 2.24) is 0 Å². The third-order valence-corrected chi connectivity index (χ3v) is 4.87. The van der Waals surface area contributed by atoms with Crippen LogP contribution in [0.15, 0.2) is 42.5 Å². The Labute approximate surface area is 134 Å². The van der Waals surface area contributed by atoms with E-state index < -0.39 is 11.7 Å². The maximum Gasteiger partial charge on any atom is 0.417 e. The van der Waals surface area contributed by atoms with E-state index in [-0.39, 0.29) is 5.02 Å². The number of nitrogens with two attached hydrogens (primary N) is 1. The molecule has 22 heavy (non-hydrogen) atoms. The lowest BCUT2D eigenvalue weighted by molar-refractivity contribution is -0.137. The molecule has 0 atom stereocenters. The summed E-state index contributed by atoms with van der Waals surface area (Å²) in [6, 6.07) is 11.7. The molecule has 3 aromatic rings. The number of fused-ring (bicyclic) bond motifs is 1. The summed E-state index contributed by atoms with van der Waals surface area (Å²) in [5, 5.41) is 0.689. The number of rotatable bonds is 2. The molecule has 0 aliphatic carbocycles. The topological polar surface area (TPSA) is 26.0 Å².